The molecule has 1 saturated carbocycles. The molecule has 27 heavy (non-hydrogen) atoms. The molecule has 0 bridgehead atoms. The van der Waals surface area contributed by atoms with Gasteiger partial charge >= 0.3 is 0 Å². The summed E-state index contributed by atoms with van der Waals surface area (Å²) in [4.78, 5) is 26.8. The molecule has 5 heteroatoms. The number of hydrogen-bond donors (Lipinski definition) is 0. The molecule has 2 aliphatic heterocycles. The molecule has 0 N–H and O–H groups in total. The van der Waals surface area contributed by atoms with Gasteiger partial charge in [0.05, 0.1) is 0 Å². The predicted octanol–water partition coefficient (Wildman–Crippen LogP) is 3.81. The summed E-state index contributed by atoms with van der Waals surface area (Å²) in [6.45, 7) is 9.37. The van der Waals surface area contributed by atoms with Crippen molar-refractivity contribution in [2.45, 2.75) is 84.6 Å². The lowest BCUT2D eigenvalue weighted by molar-refractivity contribution is -0.140. The van der Waals surface area contributed by atoms with Crippen LogP contribution < -0.4 is 4.90 Å². The first kappa shape index (κ1) is 18.7. The van der Waals surface area contributed by atoms with Crippen molar-refractivity contribution in [2.75, 3.05) is 24.5 Å². The van der Waals surface area contributed by atoms with Crippen LogP contribution in [0, 0.1) is 19.3 Å². The fourth-order valence-electron chi connectivity index (χ4n) is 5.71. The van der Waals surface area contributed by atoms with Crippen LogP contribution >= 0.6 is 0 Å². The smallest absolute Gasteiger partial charge is 0.222 e. The average molecular weight is 371 g/mol. The number of rotatable bonds is 3. The van der Waals surface area contributed by atoms with Crippen LogP contribution in [0.1, 0.15) is 75.4 Å². The van der Waals surface area contributed by atoms with Crippen molar-refractivity contribution in [1.29, 1.82) is 0 Å². The Morgan fingerprint density at radius 1 is 1.07 bits per heavy atom. The van der Waals surface area contributed by atoms with E-state index in [-0.39, 0.29) is 5.41 Å². The third-order valence-electron chi connectivity index (χ3n) is 7.08. The molecule has 1 amide bonds. The first-order valence-corrected chi connectivity index (χ1v) is 10.9. The molecule has 0 radical (unpaired) electrons. The number of amides is 1. The third kappa shape index (κ3) is 3.57. The standard InChI is InChI=1S/C22H34N4O/c1-4-19-16(2)23-17(3)24-21(19)25-13-7-11-22(14-25)12-10-20(27)26(15-22)18-8-5-6-9-18/h18H,4-15H2,1-3H3/t22-/m1/s1. The molecule has 1 aromatic rings. The minimum Gasteiger partial charge on any atom is -0.356 e. The second-order valence-electron chi connectivity index (χ2n) is 9.00. The van der Waals surface area contributed by atoms with E-state index in [1.165, 1.54) is 44.1 Å². The molecule has 1 atom stereocenters. The molecule has 4 rings (SSSR count). The maximum Gasteiger partial charge on any atom is 0.222 e. The Balaban J connectivity index is 1.58. The summed E-state index contributed by atoms with van der Waals surface area (Å²) in [5.74, 6) is 2.41. The summed E-state index contributed by atoms with van der Waals surface area (Å²) in [7, 11) is 0. The second kappa shape index (κ2) is 7.40. The van der Waals surface area contributed by atoms with Gasteiger partial charge in [0, 0.05) is 48.8 Å². The summed E-state index contributed by atoms with van der Waals surface area (Å²) >= 11 is 0. The largest absolute Gasteiger partial charge is 0.356 e. The van der Waals surface area contributed by atoms with Gasteiger partial charge in [0.2, 0.25) is 5.91 Å². The van der Waals surface area contributed by atoms with Crippen LogP contribution in [-0.4, -0.2) is 46.5 Å². The maximum atomic E-state index is 12.6. The topological polar surface area (TPSA) is 49.3 Å². The van der Waals surface area contributed by atoms with E-state index in [4.69, 9.17) is 4.98 Å². The SMILES string of the molecule is CCc1c(C)nc(C)nc1N1CCC[C@@]2(CCC(=O)N(C3CCCC3)C2)C1. The molecule has 1 spiro atoms. The van der Waals surface area contributed by atoms with E-state index in [9.17, 15) is 4.79 Å². The lowest BCUT2D eigenvalue weighted by atomic mass is 9.73. The summed E-state index contributed by atoms with van der Waals surface area (Å²) in [6.07, 6.45) is 10.1. The molecule has 3 heterocycles. The number of aromatic nitrogens is 2. The second-order valence-corrected chi connectivity index (χ2v) is 9.00. The molecule has 3 fully saturated rings. The Kier molecular flexibility index (Phi) is 5.13. The molecule has 1 aromatic heterocycles. The number of nitrogens with zero attached hydrogens (tertiary/aromatic N) is 4. The van der Waals surface area contributed by atoms with Crippen molar-refractivity contribution in [3.63, 3.8) is 0 Å². The van der Waals surface area contributed by atoms with Crippen LogP contribution in [0.2, 0.25) is 0 Å². The van der Waals surface area contributed by atoms with Gasteiger partial charge in [0.1, 0.15) is 11.6 Å². The van der Waals surface area contributed by atoms with Gasteiger partial charge in [-0.15, -0.1) is 0 Å². The van der Waals surface area contributed by atoms with Crippen molar-refractivity contribution < 1.29 is 4.79 Å². The van der Waals surface area contributed by atoms with Crippen LogP contribution in [0.3, 0.4) is 0 Å². The summed E-state index contributed by atoms with van der Waals surface area (Å²) in [5, 5.41) is 0. The summed E-state index contributed by atoms with van der Waals surface area (Å²) in [6, 6.07) is 0.500. The Hall–Kier alpha value is -1.65. The highest BCUT2D eigenvalue weighted by molar-refractivity contribution is 5.77. The van der Waals surface area contributed by atoms with Crippen LogP contribution in [0.15, 0.2) is 0 Å². The van der Waals surface area contributed by atoms with Crippen LogP contribution in [0.25, 0.3) is 0 Å². The number of anilines is 1. The summed E-state index contributed by atoms with van der Waals surface area (Å²) < 4.78 is 0. The highest BCUT2D eigenvalue weighted by Gasteiger charge is 2.44. The number of likely N-dealkylation sites (tertiary alicyclic amines) is 1. The number of carbonyl (C=O) groups excluding carboxylic acids is 1. The molecular weight excluding hydrogens is 336 g/mol. The maximum absolute atomic E-state index is 12.6. The van der Waals surface area contributed by atoms with E-state index in [0.29, 0.717) is 11.9 Å². The fourth-order valence-corrected chi connectivity index (χ4v) is 5.71. The minimum absolute atomic E-state index is 0.243. The summed E-state index contributed by atoms with van der Waals surface area (Å²) in [5.41, 5.74) is 2.65. The Bertz CT molecular complexity index is 713. The Labute approximate surface area is 163 Å². The fraction of sp³-hybridized carbons (Fsp3) is 0.773. The zero-order valence-corrected chi connectivity index (χ0v) is 17.3. The van der Waals surface area contributed by atoms with E-state index >= 15 is 0 Å². The molecular formula is C22H34N4O. The van der Waals surface area contributed by atoms with Gasteiger partial charge in [-0.25, -0.2) is 9.97 Å². The number of piperidine rings is 2. The molecule has 0 aromatic carbocycles. The zero-order chi connectivity index (χ0) is 19.0. The van der Waals surface area contributed by atoms with Gasteiger partial charge in [0.15, 0.2) is 0 Å². The first-order valence-electron chi connectivity index (χ1n) is 10.9. The molecule has 3 aliphatic rings. The molecule has 5 nitrogen and oxygen atoms in total. The average Bonchev–Trinajstić information content (AvgIpc) is 3.18. The number of aryl methyl sites for hydroxylation is 2. The first-order chi connectivity index (χ1) is 13.0. The quantitative estimate of drug-likeness (QED) is 0.812. The Morgan fingerprint density at radius 2 is 1.85 bits per heavy atom. The van der Waals surface area contributed by atoms with E-state index in [0.717, 1.165) is 56.2 Å². The van der Waals surface area contributed by atoms with Crippen molar-refractivity contribution in [3.05, 3.63) is 17.1 Å². The molecule has 1 aliphatic carbocycles. The molecule has 2 saturated heterocycles. The van der Waals surface area contributed by atoms with Crippen LogP contribution in [0.4, 0.5) is 5.82 Å². The normalized spacial score (nSPS) is 27.0. The van der Waals surface area contributed by atoms with Gasteiger partial charge in [-0.3, -0.25) is 4.79 Å². The molecule has 0 unspecified atom stereocenters. The van der Waals surface area contributed by atoms with E-state index in [1.54, 1.807) is 0 Å². The van der Waals surface area contributed by atoms with E-state index in [1.807, 2.05) is 6.92 Å². The number of carbonyl (C=O) groups is 1. The van der Waals surface area contributed by atoms with Gasteiger partial charge in [-0.1, -0.05) is 19.8 Å². The van der Waals surface area contributed by atoms with Gasteiger partial charge < -0.3 is 9.80 Å². The monoisotopic (exact) mass is 370 g/mol. The third-order valence-corrected chi connectivity index (χ3v) is 7.08. The van der Waals surface area contributed by atoms with Crippen molar-refractivity contribution in [2.24, 2.45) is 5.41 Å². The van der Waals surface area contributed by atoms with Gasteiger partial charge in [0.25, 0.3) is 0 Å². The van der Waals surface area contributed by atoms with Crippen molar-refractivity contribution >= 4 is 11.7 Å². The highest BCUT2D eigenvalue weighted by Crippen LogP contribution is 2.42. The Morgan fingerprint density at radius 3 is 2.59 bits per heavy atom. The van der Waals surface area contributed by atoms with E-state index in [2.05, 4.69) is 28.6 Å². The van der Waals surface area contributed by atoms with Crippen molar-refractivity contribution in [3.8, 4) is 0 Å². The van der Waals surface area contributed by atoms with Crippen molar-refractivity contribution in [1.82, 2.24) is 14.9 Å². The van der Waals surface area contributed by atoms with Crippen LogP contribution in [0.5, 0.6) is 0 Å². The van der Waals surface area contributed by atoms with E-state index < -0.39 is 0 Å². The molecule has 148 valence electrons. The lowest BCUT2D eigenvalue weighted by Crippen LogP contribution is -2.56. The van der Waals surface area contributed by atoms with Gasteiger partial charge in [-0.05, 0) is 52.4 Å². The van der Waals surface area contributed by atoms with Gasteiger partial charge in [-0.2, -0.15) is 0 Å². The highest BCUT2D eigenvalue weighted by atomic mass is 16.2. The predicted molar refractivity (Wildman–Crippen MR) is 108 cm³/mol. The van der Waals surface area contributed by atoms with Crippen LogP contribution in [-0.2, 0) is 11.2 Å². The lowest BCUT2D eigenvalue weighted by Gasteiger charge is -2.50. The number of hydrogen-bond acceptors (Lipinski definition) is 4. The zero-order valence-electron chi connectivity index (χ0n) is 17.3. The minimum atomic E-state index is 0.243.